The van der Waals surface area contributed by atoms with Crippen molar-refractivity contribution >= 4 is 21.6 Å². The summed E-state index contributed by atoms with van der Waals surface area (Å²) in [4.78, 5) is 0. The summed E-state index contributed by atoms with van der Waals surface area (Å²) in [5.41, 5.74) is 2.30. The summed E-state index contributed by atoms with van der Waals surface area (Å²) in [5, 5.41) is 12.7. The molecule has 0 fully saturated rings. The molecular formula is C13H20BrNO. The average molecular weight is 286 g/mol. The Morgan fingerprint density at radius 2 is 2.12 bits per heavy atom. The van der Waals surface area contributed by atoms with E-state index in [0.717, 1.165) is 23.1 Å². The second kappa shape index (κ2) is 5.69. The third kappa shape index (κ3) is 3.49. The fourth-order valence-corrected chi connectivity index (χ4v) is 1.75. The van der Waals surface area contributed by atoms with Crippen LogP contribution in [-0.2, 0) is 0 Å². The van der Waals surface area contributed by atoms with Gasteiger partial charge in [0.1, 0.15) is 0 Å². The van der Waals surface area contributed by atoms with Crippen LogP contribution in [0.25, 0.3) is 0 Å². The van der Waals surface area contributed by atoms with Crippen molar-refractivity contribution in [3.8, 4) is 0 Å². The SMILES string of the molecule is CCC(C)(CO)CNc1cc(Br)ccc1C. The summed E-state index contributed by atoms with van der Waals surface area (Å²) in [7, 11) is 0. The zero-order valence-electron chi connectivity index (χ0n) is 10.2. The third-order valence-electron chi connectivity index (χ3n) is 3.14. The third-order valence-corrected chi connectivity index (χ3v) is 3.63. The number of hydrogen-bond acceptors (Lipinski definition) is 2. The van der Waals surface area contributed by atoms with E-state index >= 15 is 0 Å². The molecule has 0 amide bonds. The number of anilines is 1. The number of aliphatic hydroxyl groups excluding tert-OH is 1. The van der Waals surface area contributed by atoms with Gasteiger partial charge in [-0.05, 0) is 31.0 Å². The number of aliphatic hydroxyl groups is 1. The average Bonchev–Trinajstić information content (AvgIpc) is 2.30. The molecule has 2 nitrogen and oxygen atoms in total. The Morgan fingerprint density at radius 1 is 1.44 bits per heavy atom. The molecule has 0 aliphatic carbocycles. The van der Waals surface area contributed by atoms with Gasteiger partial charge in [0.05, 0.1) is 6.61 Å². The highest BCUT2D eigenvalue weighted by molar-refractivity contribution is 9.10. The van der Waals surface area contributed by atoms with Crippen LogP contribution in [0.2, 0.25) is 0 Å². The first-order chi connectivity index (χ1) is 7.50. The van der Waals surface area contributed by atoms with E-state index in [2.05, 4.69) is 54.2 Å². The van der Waals surface area contributed by atoms with Gasteiger partial charge in [0.2, 0.25) is 0 Å². The molecule has 0 aromatic heterocycles. The fraction of sp³-hybridized carbons (Fsp3) is 0.538. The van der Waals surface area contributed by atoms with Gasteiger partial charge in [-0.1, -0.05) is 35.8 Å². The number of benzene rings is 1. The van der Waals surface area contributed by atoms with Crippen molar-refractivity contribution in [2.24, 2.45) is 5.41 Å². The van der Waals surface area contributed by atoms with Gasteiger partial charge in [-0.3, -0.25) is 0 Å². The number of hydrogen-bond donors (Lipinski definition) is 2. The van der Waals surface area contributed by atoms with Gasteiger partial charge in [0, 0.05) is 22.1 Å². The van der Waals surface area contributed by atoms with Crippen LogP contribution in [0.5, 0.6) is 0 Å². The van der Waals surface area contributed by atoms with Crippen molar-refractivity contribution in [3.05, 3.63) is 28.2 Å². The summed E-state index contributed by atoms with van der Waals surface area (Å²) in [6.45, 7) is 7.27. The number of rotatable bonds is 5. The lowest BCUT2D eigenvalue weighted by Gasteiger charge is -2.26. The van der Waals surface area contributed by atoms with Gasteiger partial charge >= 0.3 is 0 Å². The normalized spacial score (nSPS) is 14.6. The topological polar surface area (TPSA) is 32.3 Å². The first-order valence-corrected chi connectivity index (χ1v) is 6.41. The fourth-order valence-electron chi connectivity index (χ4n) is 1.39. The highest BCUT2D eigenvalue weighted by atomic mass is 79.9. The molecule has 0 aliphatic rings. The largest absolute Gasteiger partial charge is 0.396 e. The van der Waals surface area contributed by atoms with Crippen LogP contribution in [0, 0.1) is 12.3 Å². The van der Waals surface area contributed by atoms with Crippen LogP contribution in [0.3, 0.4) is 0 Å². The van der Waals surface area contributed by atoms with Gasteiger partial charge in [-0.2, -0.15) is 0 Å². The van der Waals surface area contributed by atoms with Gasteiger partial charge in [0.15, 0.2) is 0 Å². The monoisotopic (exact) mass is 285 g/mol. The van der Waals surface area contributed by atoms with Crippen molar-refractivity contribution in [1.29, 1.82) is 0 Å². The minimum Gasteiger partial charge on any atom is -0.396 e. The molecule has 3 heteroatoms. The Balaban J connectivity index is 2.70. The maximum atomic E-state index is 9.34. The molecule has 0 radical (unpaired) electrons. The van der Waals surface area contributed by atoms with E-state index < -0.39 is 0 Å². The molecule has 0 bridgehead atoms. The lowest BCUT2D eigenvalue weighted by molar-refractivity contribution is 0.149. The summed E-state index contributed by atoms with van der Waals surface area (Å²) in [6, 6.07) is 6.18. The number of nitrogens with one attached hydrogen (secondary N) is 1. The summed E-state index contributed by atoms with van der Waals surface area (Å²) >= 11 is 3.46. The molecule has 2 N–H and O–H groups in total. The number of aryl methyl sites for hydroxylation is 1. The van der Waals surface area contributed by atoms with Crippen LogP contribution in [-0.4, -0.2) is 18.3 Å². The molecule has 1 rings (SSSR count). The zero-order chi connectivity index (χ0) is 12.2. The van der Waals surface area contributed by atoms with Crippen LogP contribution >= 0.6 is 15.9 Å². The van der Waals surface area contributed by atoms with Gasteiger partial charge in [-0.25, -0.2) is 0 Å². The molecule has 1 unspecified atom stereocenters. The van der Waals surface area contributed by atoms with E-state index in [-0.39, 0.29) is 12.0 Å². The van der Waals surface area contributed by atoms with Crippen molar-refractivity contribution in [2.75, 3.05) is 18.5 Å². The standard InChI is InChI=1S/C13H20BrNO/c1-4-13(3,9-16)8-15-12-7-11(14)6-5-10(12)2/h5-7,15-16H,4,8-9H2,1-3H3. The quantitative estimate of drug-likeness (QED) is 0.867. The molecule has 90 valence electrons. The van der Waals surface area contributed by atoms with E-state index in [1.807, 2.05) is 6.07 Å². The Morgan fingerprint density at radius 3 is 2.69 bits per heavy atom. The molecule has 0 saturated heterocycles. The summed E-state index contributed by atoms with van der Waals surface area (Å²) < 4.78 is 1.07. The predicted octanol–water partition coefficient (Wildman–Crippen LogP) is 3.58. The molecule has 0 aliphatic heterocycles. The van der Waals surface area contributed by atoms with E-state index in [9.17, 15) is 5.11 Å². The Kier molecular flexibility index (Phi) is 4.81. The van der Waals surface area contributed by atoms with Gasteiger partial charge < -0.3 is 10.4 Å². The van der Waals surface area contributed by atoms with E-state index in [0.29, 0.717) is 0 Å². The Bertz CT molecular complexity index is 348. The Hall–Kier alpha value is -0.540. The van der Waals surface area contributed by atoms with Gasteiger partial charge in [0.25, 0.3) is 0 Å². The minimum atomic E-state index is -0.0469. The molecule has 0 heterocycles. The van der Waals surface area contributed by atoms with Crippen LogP contribution in [0.1, 0.15) is 25.8 Å². The second-order valence-corrected chi connectivity index (χ2v) is 5.55. The highest BCUT2D eigenvalue weighted by Gasteiger charge is 2.20. The predicted molar refractivity (Wildman–Crippen MR) is 72.9 cm³/mol. The van der Waals surface area contributed by atoms with Crippen molar-refractivity contribution in [1.82, 2.24) is 0 Å². The maximum absolute atomic E-state index is 9.34. The van der Waals surface area contributed by atoms with Crippen LogP contribution < -0.4 is 5.32 Å². The van der Waals surface area contributed by atoms with Crippen LogP contribution in [0.4, 0.5) is 5.69 Å². The van der Waals surface area contributed by atoms with Crippen molar-refractivity contribution < 1.29 is 5.11 Å². The second-order valence-electron chi connectivity index (χ2n) is 4.64. The first kappa shape index (κ1) is 13.5. The van der Waals surface area contributed by atoms with Crippen LogP contribution in [0.15, 0.2) is 22.7 Å². The molecule has 1 aromatic carbocycles. The molecule has 1 aromatic rings. The molecular weight excluding hydrogens is 266 g/mol. The smallest absolute Gasteiger partial charge is 0.0501 e. The highest BCUT2D eigenvalue weighted by Crippen LogP contribution is 2.24. The molecule has 0 saturated carbocycles. The van der Waals surface area contributed by atoms with Gasteiger partial charge in [-0.15, -0.1) is 0 Å². The molecule has 16 heavy (non-hydrogen) atoms. The lowest BCUT2D eigenvalue weighted by Crippen LogP contribution is -2.29. The molecule has 0 spiro atoms. The lowest BCUT2D eigenvalue weighted by atomic mass is 9.88. The zero-order valence-corrected chi connectivity index (χ0v) is 11.8. The van der Waals surface area contributed by atoms with E-state index in [1.165, 1.54) is 5.56 Å². The van der Waals surface area contributed by atoms with Crippen molar-refractivity contribution in [3.63, 3.8) is 0 Å². The van der Waals surface area contributed by atoms with E-state index in [4.69, 9.17) is 0 Å². The van der Waals surface area contributed by atoms with E-state index in [1.54, 1.807) is 0 Å². The van der Waals surface area contributed by atoms with Crippen molar-refractivity contribution in [2.45, 2.75) is 27.2 Å². The first-order valence-electron chi connectivity index (χ1n) is 5.61. The maximum Gasteiger partial charge on any atom is 0.0501 e. The number of halogens is 1. The summed E-state index contributed by atoms with van der Waals surface area (Å²) in [6.07, 6.45) is 0.962. The Labute approximate surface area is 106 Å². The molecule has 1 atom stereocenters. The summed E-state index contributed by atoms with van der Waals surface area (Å²) in [5.74, 6) is 0. The minimum absolute atomic E-state index is 0.0469.